The maximum atomic E-state index is 12.2. The summed E-state index contributed by atoms with van der Waals surface area (Å²) in [7, 11) is 1.75. The van der Waals surface area contributed by atoms with Crippen LogP contribution in [0.15, 0.2) is 42.6 Å². The first-order chi connectivity index (χ1) is 10.6. The fourth-order valence-corrected chi connectivity index (χ4v) is 2.96. The van der Waals surface area contributed by atoms with Gasteiger partial charge in [-0.15, -0.1) is 0 Å². The van der Waals surface area contributed by atoms with Crippen LogP contribution in [0.25, 0.3) is 0 Å². The quantitative estimate of drug-likeness (QED) is 0.912. The molecule has 0 bridgehead atoms. The van der Waals surface area contributed by atoms with Crippen molar-refractivity contribution in [2.45, 2.75) is 18.5 Å². The van der Waals surface area contributed by atoms with E-state index in [-0.39, 0.29) is 30.3 Å². The molecule has 22 heavy (non-hydrogen) atoms. The Balaban J connectivity index is 1.83. The highest BCUT2D eigenvalue weighted by Crippen LogP contribution is 2.32. The van der Waals surface area contributed by atoms with E-state index in [1.807, 2.05) is 12.1 Å². The van der Waals surface area contributed by atoms with E-state index < -0.39 is 0 Å². The summed E-state index contributed by atoms with van der Waals surface area (Å²) in [5.41, 5.74) is 1.44. The number of amides is 2. The molecule has 0 saturated carbocycles. The summed E-state index contributed by atoms with van der Waals surface area (Å²) < 4.78 is 0. The zero-order valence-corrected chi connectivity index (χ0v) is 12.8. The lowest BCUT2D eigenvalue weighted by Crippen LogP contribution is -2.39. The number of carbonyl (C=O) groups is 2. The van der Waals surface area contributed by atoms with Crippen LogP contribution in [0.5, 0.6) is 0 Å². The summed E-state index contributed by atoms with van der Waals surface area (Å²) in [6.07, 6.45) is 1.98. The van der Waals surface area contributed by atoms with Crippen molar-refractivity contribution < 1.29 is 9.59 Å². The maximum absolute atomic E-state index is 12.2. The number of H-pyrrole nitrogens is 1. The van der Waals surface area contributed by atoms with Crippen molar-refractivity contribution in [2.24, 2.45) is 0 Å². The number of halogens is 1. The fourth-order valence-electron chi connectivity index (χ4n) is 2.83. The van der Waals surface area contributed by atoms with E-state index in [1.165, 1.54) is 0 Å². The van der Waals surface area contributed by atoms with Crippen LogP contribution in [0.4, 0.5) is 0 Å². The molecule has 2 heterocycles. The number of likely N-dealkylation sites (tertiary alicyclic amines) is 1. The SMILES string of the molecule is CN1C(=O)C[C@@H](NC(=O)c2ccc[nH]2)[C@@H]1c1ccc(Cl)cc1. The molecule has 1 aliphatic heterocycles. The molecule has 1 aliphatic rings. The highest BCUT2D eigenvalue weighted by atomic mass is 35.5. The first-order valence-electron chi connectivity index (χ1n) is 7.01. The molecule has 114 valence electrons. The molecule has 0 radical (unpaired) electrons. The molecule has 0 unspecified atom stereocenters. The van der Waals surface area contributed by atoms with Crippen molar-refractivity contribution in [3.63, 3.8) is 0 Å². The fraction of sp³-hybridized carbons (Fsp3) is 0.250. The Morgan fingerprint density at radius 3 is 2.68 bits per heavy atom. The van der Waals surface area contributed by atoms with Gasteiger partial charge in [0, 0.05) is 24.7 Å². The van der Waals surface area contributed by atoms with Gasteiger partial charge < -0.3 is 15.2 Å². The molecule has 6 heteroatoms. The van der Waals surface area contributed by atoms with Gasteiger partial charge in [-0.05, 0) is 29.8 Å². The second-order valence-electron chi connectivity index (χ2n) is 5.37. The topological polar surface area (TPSA) is 65.2 Å². The predicted octanol–water partition coefficient (Wildman–Crippen LogP) is 2.37. The largest absolute Gasteiger partial charge is 0.357 e. The number of likely N-dealkylation sites (N-methyl/N-ethyl adjacent to an activating group) is 1. The third-order valence-corrected chi connectivity index (χ3v) is 4.21. The summed E-state index contributed by atoms with van der Waals surface area (Å²) in [5, 5.41) is 3.58. The minimum atomic E-state index is -0.269. The van der Waals surface area contributed by atoms with Crippen LogP contribution in [0.1, 0.15) is 28.5 Å². The molecule has 2 aromatic rings. The predicted molar refractivity (Wildman–Crippen MR) is 83.6 cm³/mol. The number of benzene rings is 1. The Hall–Kier alpha value is -2.27. The van der Waals surface area contributed by atoms with Crippen LogP contribution in [-0.2, 0) is 4.79 Å². The molecular weight excluding hydrogens is 302 g/mol. The molecule has 1 aromatic heterocycles. The van der Waals surface area contributed by atoms with Crippen LogP contribution >= 0.6 is 11.6 Å². The highest BCUT2D eigenvalue weighted by Gasteiger charge is 2.39. The number of rotatable bonds is 3. The number of carbonyl (C=O) groups excluding carboxylic acids is 2. The summed E-state index contributed by atoms with van der Waals surface area (Å²) in [6.45, 7) is 0. The van der Waals surface area contributed by atoms with E-state index in [2.05, 4.69) is 10.3 Å². The zero-order valence-electron chi connectivity index (χ0n) is 12.0. The first-order valence-corrected chi connectivity index (χ1v) is 7.39. The van der Waals surface area contributed by atoms with Crippen LogP contribution in [-0.4, -0.2) is 34.8 Å². The van der Waals surface area contributed by atoms with Gasteiger partial charge in [0.2, 0.25) is 5.91 Å². The normalized spacial score (nSPS) is 21.2. The van der Waals surface area contributed by atoms with Crippen molar-refractivity contribution in [3.8, 4) is 0 Å². The van der Waals surface area contributed by atoms with E-state index in [9.17, 15) is 9.59 Å². The molecular formula is C16H16ClN3O2. The van der Waals surface area contributed by atoms with Gasteiger partial charge in [0.15, 0.2) is 0 Å². The van der Waals surface area contributed by atoms with Crippen LogP contribution < -0.4 is 5.32 Å². The molecule has 0 aliphatic carbocycles. The average molecular weight is 318 g/mol. The number of hydrogen-bond donors (Lipinski definition) is 2. The molecule has 1 fully saturated rings. The van der Waals surface area contributed by atoms with Gasteiger partial charge >= 0.3 is 0 Å². The smallest absolute Gasteiger partial charge is 0.268 e. The van der Waals surface area contributed by atoms with Crippen molar-refractivity contribution >= 4 is 23.4 Å². The van der Waals surface area contributed by atoms with E-state index in [4.69, 9.17) is 11.6 Å². The Morgan fingerprint density at radius 2 is 2.05 bits per heavy atom. The summed E-state index contributed by atoms with van der Waals surface area (Å²) in [6, 6.07) is 10.4. The van der Waals surface area contributed by atoms with Gasteiger partial charge in [-0.25, -0.2) is 0 Å². The van der Waals surface area contributed by atoms with E-state index >= 15 is 0 Å². The molecule has 2 atom stereocenters. The van der Waals surface area contributed by atoms with Crippen molar-refractivity contribution in [1.82, 2.24) is 15.2 Å². The van der Waals surface area contributed by atoms with Crippen molar-refractivity contribution in [2.75, 3.05) is 7.05 Å². The second kappa shape index (κ2) is 5.85. The number of hydrogen-bond acceptors (Lipinski definition) is 2. The molecule has 5 nitrogen and oxygen atoms in total. The molecule has 2 amide bonds. The lowest BCUT2D eigenvalue weighted by molar-refractivity contribution is -0.127. The van der Waals surface area contributed by atoms with Gasteiger partial charge in [0.05, 0.1) is 12.1 Å². The number of nitrogens with one attached hydrogen (secondary N) is 2. The monoisotopic (exact) mass is 317 g/mol. The molecule has 3 rings (SSSR count). The standard InChI is InChI=1S/C16H16ClN3O2/c1-20-14(21)9-13(19-16(22)12-3-2-8-18-12)15(20)10-4-6-11(17)7-5-10/h2-8,13,15,18H,9H2,1H3,(H,19,22)/t13-,15+/m1/s1. The van der Waals surface area contributed by atoms with Gasteiger partial charge in [-0.2, -0.15) is 0 Å². The third-order valence-electron chi connectivity index (χ3n) is 3.96. The maximum Gasteiger partial charge on any atom is 0.268 e. The average Bonchev–Trinajstić information content (AvgIpc) is 3.11. The van der Waals surface area contributed by atoms with Gasteiger partial charge in [0.25, 0.3) is 5.91 Å². The zero-order chi connectivity index (χ0) is 15.7. The molecule has 1 saturated heterocycles. The Labute approximate surface area is 133 Å². The number of nitrogens with zero attached hydrogens (tertiary/aromatic N) is 1. The summed E-state index contributed by atoms with van der Waals surface area (Å²) in [4.78, 5) is 28.8. The Bertz CT molecular complexity index is 682. The van der Waals surface area contributed by atoms with Crippen molar-refractivity contribution in [1.29, 1.82) is 0 Å². The number of aromatic nitrogens is 1. The van der Waals surface area contributed by atoms with Crippen molar-refractivity contribution in [3.05, 3.63) is 58.9 Å². The lowest BCUT2D eigenvalue weighted by Gasteiger charge is -2.26. The van der Waals surface area contributed by atoms with Gasteiger partial charge in [-0.1, -0.05) is 23.7 Å². The van der Waals surface area contributed by atoms with E-state index in [0.29, 0.717) is 10.7 Å². The first kappa shape index (κ1) is 14.7. The van der Waals surface area contributed by atoms with E-state index in [1.54, 1.807) is 42.4 Å². The highest BCUT2D eigenvalue weighted by molar-refractivity contribution is 6.30. The molecule has 2 N–H and O–H groups in total. The van der Waals surface area contributed by atoms with Crippen LogP contribution in [0, 0.1) is 0 Å². The summed E-state index contributed by atoms with van der Waals surface area (Å²) in [5.74, 6) is -0.200. The third kappa shape index (κ3) is 2.72. The minimum Gasteiger partial charge on any atom is -0.357 e. The van der Waals surface area contributed by atoms with Gasteiger partial charge in [-0.3, -0.25) is 9.59 Å². The van der Waals surface area contributed by atoms with Crippen LogP contribution in [0.2, 0.25) is 5.02 Å². The Morgan fingerprint density at radius 1 is 1.32 bits per heavy atom. The van der Waals surface area contributed by atoms with Gasteiger partial charge in [0.1, 0.15) is 5.69 Å². The number of aromatic amines is 1. The summed E-state index contributed by atoms with van der Waals surface area (Å²) >= 11 is 5.92. The Kier molecular flexibility index (Phi) is 3.90. The molecule has 0 spiro atoms. The lowest BCUT2D eigenvalue weighted by atomic mass is 10.00. The van der Waals surface area contributed by atoms with Crippen LogP contribution in [0.3, 0.4) is 0 Å². The molecule has 1 aromatic carbocycles. The van der Waals surface area contributed by atoms with E-state index in [0.717, 1.165) is 5.56 Å². The second-order valence-corrected chi connectivity index (χ2v) is 5.81. The minimum absolute atomic E-state index is 0.0109.